The van der Waals surface area contributed by atoms with E-state index in [0.717, 1.165) is 24.3 Å². The van der Waals surface area contributed by atoms with Crippen LogP contribution in [0, 0.1) is 0 Å². The summed E-state index contributed by atoms with van der Waals surface area (Å²) in [5.41, 5.74) is 1.08. The number of hydrogen-bond acceptors (Lipinski definition) is 4. The van der Waals surface area contributed by atoms with Gasteiger partial charge in [-0.2, -0.15) is 0 Å². The van der Waals surface area contributed by atoms with Crippen LogP contribution >= 0.6 is 34.8 Å². The van der Waals surface area contributed by atoms with Gasteiger partial charge in [0.15, 0.2) is 5.78 Å². The van der Waals surface area contributed by atoms with Crippen molar-refractivity contribution in [1.82, 2.24) is 4.90 Å². The highest BCUT2D eigenvalue weighted by Crippen LogP contribution is 2.11. The lowest BCUT2D eigenvalue weighted by atomic mass is 10.1. The maximum Gasteiger partial charge on any atom is 0.248 e. The highest BCUT2D eigenvalue weighted by Gasteiger charge is 2.18. The zero-order valence-corrected chi connectivity index (χ0v) is 20.1. The minimum atomic E-state index is -2.00. The van der Waals surface area contributed by atoms with E-state index in [1.807, 2.05) is 0 Å². The highest BCUT2D eigenvalue weighted by atomic mass is 35.5. The minimum absolute atomic E-state index is 0.123. The SMILES string of the molecule is O=C1CCCOC1.[2H]C([2H])(Cl)c1ccc(C([2H])([2H])Cl)cc1.[2H]C([2H])(Cl)c1ccc(C([2H])([2H])N2CCOCC2=O)cc1. The number of carbonyl (C=O) groups is 2. The number of amides is 1. The summed E-state index contributed by atoms with van der Waals surface area (Å²) in [5, 5.41) is 0. The number of rotatable bonds is 5. The standard InChI is InChI=1S/C12H14ClNO2.C8H8Cl2.C5H8O2/c13-7-10-1-3-11(4-2-10)8-14-5-6-16-9-12(14)15;9-5-7-1-2-8(6-10)4-3-7;6-5-2-1-3-7-4-5/h1-4H,5-9H2;1-4H,5-6H2;1-4H2/i7D2,8D2;5D2,6D2;. The van der Waals surface area contributed by atoms with Gasteiger partial charge >= 0.3 is 0 Å². The Labute approximate surface area is 222 Å². The van der Waals surface area contributed by atoms with Gasteiger partial charge in [-0.1, -0.05) is 48.5 Å². The van der Waals surface area contributed by atoms with Gasteiger partial charge in [-0.15, -0.1) is 34.8 Å². The lowest BCUT2D eigenvalue weighted by Crippen LogP contribution is -2.40. The van der Waals surface area contributed by atoms with Gasteiger partial charge in [0.1, 0.15) is 13.2 Å². The normalized spacial score (nSPS) is 21.1. The number of Topliss-reactive ketones (excluding diaryl/α,β-unsaturated/α-hetero) is 1. The molecule has 4 rings (SSSR count). The van der Waals surface area contributed by atoms with Crippen LogP contribution in [0.3, 0.4) is 0 Å². The van der Waals surface area contributed by atoms with Crippen molar-refractivity contribution >= 4 is 46.5 Å². The van der Waals surface area contributed by atoms with E-state index < -0.39 is 29.9 Å². The number of ketones is 1. The molecule has 180 valence electrons. The van der Waals surface area contributed by atoms with Gasteiger partial charge in [0.25, 0.3) is 0 Å². The van der Waals surface area contributed by atoms with Crippen LogP contribution in [-0.2, 0) is 43.1 Å². The summed E-state index contributed by atoms with van der Waals surface area (Å²) in [7, 11) is 0. The Balaban J connectivity index is 0.000000241. The molecule has 5 nitrogen and oxygen atoms in total. The zero-order chi connectivity index (χ0) is 31.1. The summed E-state index contributed by atoms with van der Waals surface area (Å²) in [6.45, 7) is -0.483. The summed E-state index contributed by atoms with van der Waals surface area (Å²) >= 11 is 16.4. The minimum Gasteiger partial charge on any atom is -0.374 e. The van der Waals surface area contributed by atoms with Gasteiger partial charge in [0.2, 0.25) is 5.91 Å². The van der Waals surface area contributed by atoms with Crippen LogP contribution in [0.25, 0.3) is 0 Å². The fraction of sp³-hybridized carbons (Fsp3) is 0.440. The Morgan fingerprint density at radius 1 is 0.758 bits per heavy atom. The quantitative estimate of drug-likeness (QED) is 0.499. The van der Waals surface area contributed by atoms with E-state index in [-0.39, 0.29) is 41.2 Å². The molecule has 0 bridgehead atoms. The van der Waals surface area contributed by atoms with Gasteiger partial charge in [0.05, 0.1) is 9.35 Å². The molecule has 0 aromatic heterocycles. The molecule has 2 aliphatic rings. The third-order valence-corrected chi connectivity index (χ3v) is 5.01. The van der Waals surface area contributed by atoms with E-state index in [9.17, 15) is 9.59 Å². The van der Waals surface area contributed by atoms with Gasteiger partial charge < -0.3 is 14.4 Å². The fourth-order valence-corrected chi connectivity index (χ4v) is 3.00. The van der Waals surface area contributed by atoms with Crippen LogP contribution in [0.1, 0.15) is 46.1 Å². The van der Waals surface area contributed by atoms with E-state index in [4.69, 9.17) is 55.2 Å². The van der Waals surface area contributed by atoms with Crippen molar-refractivity contribution < 1.29 is 30.0 Å². The Bertz CT molecular complexity index is 1110. The average Bonchev–Trinajstić information content (AvgIpc) is 2.89. The van der Waals surface area contributed by atoms with E-state index in [2.05, 4.69) is 0 Å². The zero-order valence-electron chi connectivity index (χ0n) is 25.8. The molecule has 8 heteroatoms. The van der Waals surface area contributed by atoms with Crippen molar-refractivity contribution in [2.75, 3.05) is 33.0 Å². The van der Waals surface area contributed by atoms with Crippen LogP contribution in [0.4, 0.5) is 0 Å². The van der Waals surface area contributed by atoms with Gasteiger partial charge in [0, 0.05) is 51.8 Å². The number of halogens is 3. The van der Waals surface area contributed by atoms with Crippen molar-refractivity contribution in [3.8, 4) is 0 Å². The molecule has 0 aliphatic carbocycles. The summed E-state index contributed by atoms with van der Waals surface area (Å²) < 4.78 is 69.6. The number of nitrogens with zero attached hydrogens (tertiary/aromatic N) is 1. The van der Waals surface area contributed by atoms with E-state index in [1.165, 1.54) is 48.5 Å². The number of ether oxygens (including phenoxy) is 2. The number of morpholine rings is 1. The largest absolute Gasteiger partial charge is 0.374 e. The lowest BCUT2D eigenvalue weighted by molar-refractivity contribution is -0.143. The highest BCUT2D eigenvalue weighted by molar-refractivity contribution is 6.17. The molecular formula is C25H30Cl3NO4. The maximum atomic E-state index is 11.7. The molecule has 0 unspecified atom stereocenters. The van der Waals surface area contributed by atoms with Crippen molar-refractivity contribution in [1.29, 1.82) is 0 Å². The molecule has 2 aromatic rings. The number of hydrogen-bond donors (Lipinski definition) is 0. The second-order valence-electron chi connectivity index (χ2n) is 6.84. The molecular weight excluding hydrogens is 485 g/mol. The number of benzene rings is 2. The van der Waals surface area contributed by atoms with E-state index >= 15 is 0 Å². The third-order valence-electron chi connectivity index (χ3n) is 4.35. The number of carbonyl (C=O) groups excluding carboxylic acids is 2. The van der Waals surface area contributed by atoms with Crippen molar-refractivity contribution in [2.24, 2.45) is 0 Å². The molecule has 0 spiro atoms. The predicted octanol–water partition coefficient (Wildman–Crippen LogP) is 5.31. The molecule has 33 heavy (non-hydrogen) atoms. The molecule has 2 aromatic carbocycles. The second-order valence-corrected chi connectivity index (χ2v) is 7.41. The van der Waals surface area contributed by atoms with Crippen LogP contribution in [0.2, 0.25) is 0 Å². The first-order valence-corrected chi connectivity index (χ1v) is 11.2. The van der Waals surface area contributed by atoms with Crippen LogP contribution < -0.4 is 0 Å². The topological polar surface area (TPSA) is 55.8 Å². The summed E-state index contributed by atoms with van der Waals surface area (Å²) in [6, 6.07) is 11.4. The van der Waals surface area contributed by atoms with Gasteiger partial charge in [-0.3, -0.25) is 9.59 Å². The average molecular weight is 523 g/mol. The molecule has 1 amide bonds. The summed E-state index contributed by atoms with van der Waals surface area (Å²) in [4.78, 5) is 23.2. The monoisotopic (exact) mass is 521 g/mol. The molecule has 0 N–H and O–H groups in total. The van der Waals surface area contributed by atoms with E-state index in [0.29, 0.717) is 13.2 Å². The Morgan fingerprint density at radius 3 is 1.61 bits per heavy atom. The maximum absolute atomic E-state index is 11.7. The number of alkyl halides is 3. The molecule has 0 saturated carbocycles. The first kappa shape index (κ1) is 17.8. The molecule has 2 aliphatic heterocycles. The van der Waals surface area contributed by atoms with Crippen LogP contribution in [0.15, 0.2) is 48.5 Å². The van der Waals surface area contributed by atoms with Crippen LogP contribution in [-0.4, -0.2) is 49.6 Å². The van der Waals surface area contributed by atoms with Crippen molar-refractivity contribution in [3.05, 3.63) is 70.8 Å². The smallest absolute Gasteiger partial charge is 0.248 e. The second kappa shape index (κ2) is 16.1. The Hall–Kier alpha value is -1.63. The molecule has 2 fully saturated rings. The first-order chi connectivity index (χ1) is 18.8. The Morgan fingerprint density at radius 2 is 1.24 bits per heavy atom. The first-order valence-electron chi connectivity index (χ1n) is 14.1. The molecule has 0 radical (unpaired) electrons. The summed E-state index contributed by atoms with van der Waals surface area (Å²) in [6.07, 6.45) is 1.64. The molecule has 2 saturated heterocycles. The van der Waals surface area contributed by atoms with Gasteiger partial charge in [-0.05, 0) is 28.7 Å². The molecule has 2 heterocycles. The predicted molar refractivity (Wildman–Crippen MR) is 133 cm³/mol. The lowest BCUT2D eigenvalue weighted by Gasteiger charge is -2.26. The van der Waals surface area contributed by atoms with Crippen LogP contribution in [0.5, 0.6) is 0 Å². The third kappa shape index (κ3) is 10.9. The van der Waals surface area contributed by atoms with Crippen molar-refractivity contribution in [3.63, 3.8) is 0 Å². The van der Waals surface area contributed by atoms with Crippen molar-refractivity contribution in [2.45, 2.75) is 36.8 Å². The van der Waals surface area contributed by atoms with E-state index in [1.54, 1.807) is 0 Å². The summed E-state index contributed by atoms with van der Waals surface area (Å²) in [5.74, 6) is -6.03. The fourth-order valence-electron chi connectivity index (χ4n) is 2.63. The Kier molecular flexibility index (Phi) is 8.65. The molecule has 0 atom stereocenters. The van der Waals surface area contributed by atoms with Gasteiger partial charge in [-0.25, -0.2) is 0 Å².